The van der Waals surface area contributed by atoms with Crippen LogP contribution in [0.4, 0.5) is 0 Å². The molecule has 0 spiro atoms. The number of hydrogen-bond acceptors (Lipinski definition) is 4. The molecule has 0 radical (unpaired) electrons. The molecular formula is C3HN4P. The maximum absolute atomic E-state index is 3.89. The van der Waals surface area contributed by atoms with Crippen LogP contribution >= 0.6 is 8.37 Å². The summed E-state index contributed by atoms with van der Waals surface area (Å²) < 4.78 is 0. The topological polar surface area (TPSA) is 49.4 Å². The van der Waals surface area contributed by atoms with Crippen molar-refractivity contribution in [2.24, 2.45) is 19.9 Å². The lowest BCUT2D eigenvalue weighted by Crippen LogP contribution is -1.93. The lowest BCUT2D eigenvalue weighted by Gasteiger charge is -1.74. The summed E-state index contributed by atoms with van der Waals surface area (Å²) in [4.78, 5) is 11.4. The van der Waals surface area contributed by atoms with Crippen LogP contribution < -0.4 is 0 Å². The highest BCUT2D eigenvalue weighted by Crippen LogP contribution is 2.16. The van der Waals surface area contributed by atoms with Crippen molar-refractivity contribution in [3.8, 4) is 0 Å². The molecule has 4 nitrogen and oxygen atoms in total. The van der Waals surface area contributed by atoms with Crippen molar-refractivity contribution in [2.45, 2.75) is 0 Å². The van der Waals surface area contributed by atoms with E-state index in [2.05, 4.69) is 19.9 Å². The average Bonchev–Trinajstić information content (AvgIpc) is 2.15. The second kappa shape index (κ2) is 1.29. The van der Waals surface area contributed by atoms with Gasteiger partial charge in [0.2, 0.25) is 5.84 Å². The van der Waals surface area contributed by atoms with Gasteiger partial charge in [-0.1, -0.05) is 0 Å². The predicted octanol–water partition coefficient (Wildman–Crippen LogP) is 0.884. The third-order valence-corrected chi connectivity index (χ3v) is 1.52. The fourth-order valence-electron chi connectivity index (χ4n) is 0.502. The Balaban J connectivity index is 2.59. The molecule has 0 saturated carbocycles. The molecule has 0 aromatic rings. The van der Waals surface area contributed by atoms with Crippen molar-refractivity contribution < 1.29 is 0 Å². The highest BCUT2D eigenvalue weighted by Gasteiger charge is 2.13. The van der Waals surface area contributed by atoms with E-state index in [1.165, 1.54) is 6.34 Å². The molecule has 0 unspecified atom stereocenters. The molecular weight excluding hydrogens is 123 g/mol. The van der Waals surface area contributed by atoms with E-state index in [9.17, 15) is 0 Å². The van der Waals surface area contributed by atoms with Crippen LogP contribution in [0.3, 0.4) is 0 Å². The summed E-state index contributed by atoms with van der Waals surface area (Å²) in [6, 6.07) is 0. The number of fused-ring (bicyclic) bond motifs is 1. The van der Waals surface area contributed by atoms with Gasteiger partial charge in [-0.2, -0.15) is 0 Å². The zero-order valence-corrected chi connectivity index (χ0v) is 4.71. The molecule has 2 aliphatic rings. The van der Waals surface area contributed by atoms with E-state index in [1.54, 1.807) is 0 Å². The van der Waals surface area contributed by atoms with E-state index < -0.39 is 0 Å². The molecule has 8 heavy (non-hydrogen) atoms. The van der Waals surface area contributed by atoms with E-state index >= 15 is 0 Å². The maximum atomic E-state index is 3.89. The molecule has 0 aromatic carbocycles. The normalized spacial score (nSPS) is 23.0. The Labute approximate surface area is 46.9 Å². The molecule has 0 bridgehead atoms. The first kappa shape index (κ1) is 4.04. The number of amidine groups is 1. The number of rotatable bonds is 0. The van der Waals surface area contributed by atoms with Crippen molar-refractivity contribution in [1.29, 1.82) is 0 Å². The first-order valence-electron chi connectivity index (χ1n) is 2.06. The quantitative estimate of drug-likeness (QED) is 0.430. The zero-order valence-electron chi connectivity index (χ0n) is 3.81. The molecule has 0 atom stereocenters. The minimum Gasteiger partial charge on any atom is -0.226 e. The molecule has 0 N–H and O–H groups in total. The van der Waals surface area contributed by atoms with Gasteiger partial charge in [0.05, 0.1) is 8.37 Å². The largest absolute Gasteiger partial charge is 0.226 e. The SMILES string of the molecule is C1=NC2=NN=PC2=N1. The first-order valence-corrected chi connectivity index (χ1v) is 2.91. The number of hydrogen-bond donors (Lipinski definition) is 0. The molecule has 0 aromatic heterocycles. The van der Waals surface area contributed by atoms with Crippen LogP contribution in [0.15, 0.2) is 19.9 Å². The monoisotopic (exact) mass is 124 g/mol. The first-order chi connectivity index (χ1) is 3.97. The molecule has 0 aliphatic carbocycles. The second-order valence-corrected chi connectivity index (χ2v) is 2.11. The maximum Gasteiger partial charge on any atom is 0.208 e. The van der Waals surface area contributed by atoms with E-state index in [-0.39, 0.29) is 0 Å². The highest BCUT2D eigenvalue weighted by molar-refractivity contribution is 7.54. The van der Waals surface area contributed by atoms with Crippen molar-refractivity contribution in [2.75, 3.05) is 0 Å². The fourth-order valence-corrected chi connectivity index (χ4v) is 1.01. The van der Waals surface area contributed by atoms with Crippen LogP contribution in [0.2, 0.25) is 0 Å². The summed E-state index contributed by atoms with van der Waals surface area (Å²) in [6.07, 6.45) is 1.50. The van der Waals surface area contributed by atoms with Crippen LogP contribution in [-0.4, -0.2) is 17.6 Å². The Morgan fingerprint density at radius 2 is 2.50 bits per heavy atom. The minimum absolute atomic E-state index is 0.673. The van der Waals surface area contributed by atoms with Crippen LogP contribution in [0, 0.1) is 0 Å². The summed E-state index contributed by atoms with van der Waals surface area (Å²) in [5.74, 6) is 0.673. The van der Waals surface area contributed by atoms with Gasteiger partial charge in [0.25, 0.3) is 0 Å². The summed E-state index contributed by atoms with van der Waals surface area (Å²) in [7, 11) is 0.824. The fraction of sp³-hybridized carbons (Fsp3) is 0. The molecule has 2 heterocycles. The molecule has 5 heteroatoms. The Kier molecular flexibility index (Phi) is 0.652. The Morgan fingerprint density at radius 1 is 1.50 bits per heavy atom. The predicted molar refractivity (Wildman–Crippen MR) is 32.7 cm³/mol. The Morgan fingerprint density at radius 3 is 3.38 bits per heavy atom. The van der Waals surface area contributed by atoms with E-state index in [0.29, 0.717) is 5.84 Å². The van der Waals surface area contributed by atoms with Gasteiger partial charge in [-0.25, -0.2) is 9.98 Å². The zero-order chi connectivity index (χ0) is 5.40. The Hall–Kier alpha value is -0.890. The van der Waals surface area contributed by atoms with Crippen molar-refractivity contribution in [3.05, 3.63) is 0 Å². The van der Waals surface area contributed by atoms with Crippen LogP contribution in [0.5, 0.6) is 0 Å². The molecule has 0 fully saturated rings. The van der Waals surface area contributed by atoms with E-state index in [1.807, 2.05) is 0 Å². The summed E-state index contributed by atoms with van der Waals surface area (Å²) in [5, 5.41) is 3.70. The van der Waals surface area contributed by atoms with Crippen LogP contribution in [-0.2, 0) is 0 Å². The van der Waals surface area contributed by atoms with Gasteiger partial charge >= 0.3 is 0 Å². The van der Waals surface area contributed by atoms with Gasteiger partial charge in [0.15, 0.2) is 5.45 Å². The molecule has 2 rings (SSSR count). The van der Waals surface area contributed by atoms with Gasteiger partial charge in [-0.15, -0.1) is 9.96 Å². The molecule has 0 saturated heterocycles. The van der Waals surface area contributed by atoms with Crippen LogP contribution in [0.25, 0.3) is 0 Å². The lowest BCUT2D eigenvalue weighted by molar-refractivity contribution is 1.29. The minimum atomic E-state index is 0.673. The van der Waals surface area contributed by atoms with E-state index in [4.69, 9.17) is 0 Å². The molecule has 0 amide bonds. The highest BCUT2D eigenvalue weighted by atomic mass is 31.1. The average molecular weight is 124 g/mol. The second-order valence-electron chi connectivity index (χ2n) is 1.31. The molecule has 2 aliphatic heterocycles. The third kappa shape index (κ3) is 0.378. The van der Waals surface area contributed by atoms with Crippen LogP contribution in [0.1, 0.15) is 0 Å². The van der Waals surface area contributed by atoms with Gasteiger partial charge in [0.1, 0.15) is 6.34 Å². The van der Waals surface area contributed by atoms with Crippen molar-refractivity contribution in [3.63, 3.8) is 0 Å². The Bertz CT molecular complexity index is 210. The third-order valence-electron chi connectivity index (χ3n) is 0.839. The number of nitrogens with zero attached hydrogens (tertiary/aromatic N) is 4. The summed E-state index contributed by atoms with van der Waals surface area (Å²) >= 11 is 0. The summed E-state index contributed by atoms with van der Waals surface area (Å²) in [6.45, 7) is 0. The van der Waals surface area contributed by atoms with Gasteiger partial charge in [0, 0.05) is 0 Å². The van der Waals surface area contributed by atoms with E-state index in [0.717, 1.165) is 13.8 Å². The molecule has 38 valence electrons. The van der Waals surface area contributed by atoms with Gasteiger partial charge in [-0.05, 0) is 0 Å². The van der Waals surface area contributed by atoms with Gasteiger partial charge < -0.3 is 0 Å². The summed E-state index contributed by atoms with van der Waals surface area (Å²) in [5.41, 5.74) is 0.866. The van der Waals surface area contributed by atoms with Crippen molar-refractivity contribution >= 4 is 26.0 Å². The standard InChI is InChI=1S/C3HN4P/c1-4-2-3(5-1)8-7-6-2/h1H. The van der Waals surface area contributed by atoms with Crippen molar-refractivity contribution in [1.82, 2.24) is 0 Å². The number of aliphatic imine (C=N–C) groups is 2. The van der Waals surface area contributed by atoms with Gasteiger partial charge in [-0.3, -0.25) is 0 Å². The smallest absolute Gasteiger partial charge is 0.208 e. The lowest BCUT2D eigenvalue weighted by atomic mass is 10.7.